The highest BCUT2D eigenvalue weighted by Gasteiger charge is 2.21. The normalized spacial score (nSPS) is 11.6. The third-order valence-electron chi connectivity index (χ3n) is 8.02. The summed E-state index contributed by atoms with van der Waals surface area (Å²) in [6.07, 6.45) is -0.240. The molecule has 0 aliphatic carbocycles. The average molecular weight is 610 g/mol. The van der Waals surface area contributed by atoms with E-state index in [0.717, 1.165) is 55.9 Å². The van der Waals surface area contributed by atoms with E-state index < -0.39 is 7.60 Å². The molecule has 0 fully saturated rings. The van der Waals surface area contributed by atoms with Gasteiger partial charge in [-0.3, -0.25) is 4.57 Å². The van der Waals surface area contributed by atoms with Crippen molar-refractivity contribution in [2.45, 2.75) is 6.54 Å². The fourth-order valence-electron chi connectivity index (χ4n) is 6.03. The van der Waals surface area contributed by atoms with Gasteiger partial charge >= 0.3 is 7.60 Å². The number of anilines is 6. The van der Waals surface area contributed by atoms with Crippen LogP contribution in [0, 0.1) is 0 Å². The summed E-state index contributed by atoms with van der Waals surface area (Å²) in [5, 5.41) is 2.01. The van der Waals surface area contributed by atoms with Crippen LogP contribution in [0.3, 0.4) is 0 Å². The zero-order valence-corrected chi connectivity index (χ0v) is 25.4. The first-order chi connectivity index (χ1) is 22.0. The van der Waals surface area contributed by atoms with E-state index in [-0.39, 0.29) is 12.7 Å². The molecule has 2 N–H and O–H groups in total. The van der Waals surface area contributed by atoms with Gasteiger partial charge in [-0.2, -0.15) is 0 Å². The highest BCUT2D eigenvalue weighted by Crippen LogP contribution is 2.42. The predicted molar refractivity (Wildman–Crippen MR) is 186 cm³/mol. The molecule has 7 rings (SSSR count). The number of para-hydroxylation sites is 4. The van der Waals surface area contributed by atoms with Gasteiger partial charge in [0.15, 0.2) is 0 Å². The molecule has 0 bridgehead atoms. The Labute approximate surface area is 262 Å². The summed E-state index contributed by atoms with van der Waals surface area (Å²) in [7, 11) is -4.21. The van der Waals surface area contributed by atoms with Crippen LogP contribution in [0.1, 0.15) is 0 Å². The topological polar surface area (TPSA) is 68.9 Å². The van der Waals surface area contributed by atoms with Crippen molar-refractivity contribution in [1.82, 2.24) is 4.57 Å². The van der Waals surface area contributed by atoms with Crippen molar-refractivity contribution in [2.24, 2.45) is 0 Å². The van der Waals surface area contributed by atoms with Gasteiger partial charge < -0.3 is 24.2 Å². The largest absolute Gasteiger partial charge is 0.340 e. The number of nitrogens with zero attached hydrogens (tertiary/aromatic N) is 3. The molecule has 0 aliphatic heterocycles. The lowest BCUT2D eigenvalue weighted by atomic mass is 10.1. The minimum Gasteiger partial charge on any atom is -0.340 e. The van der Waals surface area contributed by atoms with Crippen LogP contribution in [-0.2, 0) is 11.1 Å². The first-order valence-electron chi connectivity index (χ1n) is 14.9. The highest BCUT2D eigenvalue weighted by atomic mass is 31.2. The Hall–Kier alpha value is -5.13. The van der Waals surface area contributed by atoms with Crippen molar-refractivity contribution >= 4 is 63.5 Å². The SMILES string of the molecule is O=P(O)(O)CCn1c2ccc(N(c3ccccc3)c3ccccc3)cc2c2cc(N(c3ccccc3)c3ccccc3)ccc21. The smallest absolute Gasteiger partial charge is 0.327 e. The molecule has 6 aromatic carbocycles. The molecule has 7 heteroatoms. The number of aryl methyl sites for hydroxylation is 1. The van der Waals surface area contributed by atoms with Gasteiger partial charge in [0.25, 0.3) is 0 Å². The van der Waals surface area contributed by atoms with Crippen molar-refractivity contribution in [2.75, 3.05) is 16.0 Å². The van der Waals surface area contributed by atoms with E-state index in [2.05, 4.69) is 94.7 Å². The van der Waals surface area contributed by atoms with Gasteiger partial charge in [0.1, 0.15) is 0 Å². The van der Waals surface area contributed by atoms with Crippen molar-refractivity contribution in [3.8, 4) is 0 Å². The maximum absolute atomic E-state index is 12.0. The number of rotatable bonds is 9. The fraction of sp³-hybridized carbons (Fsp3) is 0.0526. The molecule has 0 aliphatic rings. The number of fused-ring (bicyclic) bond motifs is 3. The van der Waals surface area contributed by atoms with E-state index in [0.29, 0.717) is 0 Å². The summed E-state index contributed by atoms with van der Waals surface area (Å²) in [6.45, 7) is 0.200. The zero-order valence-electron chi connectivity index (χ0n) is 24.5. The molecule has 0 unspecified atom stereocenters. The van der Waals surface area contributed by atoms with Crippen molar-refractivity contribution in [3.63, 3.8) is 0 Å². The minimum absolute atomic E-state index is 0.200. The maximum atomic E-state index is 12.0. The third-order valence-corrected chi connectivity index (χ3v) is 8.80. The first kappa shape index (κ1) is 28.6. The predicted octanol–water partition coefficient (Wildman–Crippen LogP) is 9.91. The maximum Gasteiger partial charge on any atom is 0.327 e. The Morgan fingerprint density at radius 2 is 0.800 bits per heavy atom. The quantitative estimate of drug-likeness (QED) is 0.160. The van der Waals surface area contributed by atoms with E-state index >= 15 is 0 Å². The number of hydrogen-bond acceptors (Lipinski definition) is 3. The van der Waals surface area contributed by atoms with Gasteiger partial charge in [-0.05, 0) is 84.9 Å². The standard InChI is InChI=1S/C38H32N3O3P/c42-45(43,44)26-25-39-37-23-21-33(40(29-13-5-1-6-14-29)30-15-7-2-8-16-30)27-35(37)36-28-34(22-24-38(36)39)41(31-17-9-3-10-18-31)32-19-11-4-12-20-32/h1-24,27-28H,25-26H2,(H2,42,43,44). The van der Waals surface area contributed by atoms with Crippen LogP contribution >= 0.6 is 7.60 Å². The van der Waals surface area contributed by atoms with Crippen LogP contribution in [0.25, 0.3) is 21.8 Å². The van der Waals surface area contributed by atoms with Crippen molar-refractivity contribution in [1.29, 1.82) is 0 Å². The molecule has 222 valence electrons. The van der Waals surface area contributed by atoms with Crippen LogP contribution in [0.2, 0.25) is 0 Å². The van der Waals surface area contributed by atoms with Gasteiger partial charge in [-0.1, -0.05) is 72.8 Å². The fourth-order valence-corrected chi connectivity index (χ4v) is 6.49. The lowest BCUT2D eigenvalue weighted by molar-refractivity contribution is 0.370. The lowest BCUT2D eigenvalue weighted by Gasteiger charge is -2.26. The summed E-state index contributed by atoms with van der Waals surface area (Å²) < 4.78 is 14.0. The van der Waals surface area contributed by atoms with Crippen LogP contribution in [-0.4, -0.2) is 20.5 Å². The average Bonchev–Trinajstić information content (AvgIpc) is 3.38. The van der Waals surface area contributed by atoms with E-state index in [1.54, 1.807) is 0 Å². The summed E-state index contributed by atoms with van der Waals surface area (Å²) >= 11 is 0. The summed E-state index contributed by atoms with van der Waals surface area (Å²) in [6, 6.07) is 53.7. The summed E-state index contributed by atoms with van der Waals surface area (Å²) in [5.74, 6) is 0. The van der Waals surface area contributed by atoms with Gasteiger partial charge in [0.05, 0.1) is 6.16 Å². The zero-order chi connectivity index (χ0) is 30.8. The Morgan fingerprint density at radius 1 is 0.467 bits per heavy atom. The molecule has 6 nitrogen and oxygen atoms in total. The van der Waals surface area contributed by atoms with Crippen molar-refractivity contribution < 1.29 is 14.4 Å². The third kappa shape index (κ3) is 5.87. The van der Waals surface area contributed by atoms with Crippen LogP contribution in [0.5, 0.6) is 0 Å². The lowest BCUT2D eigenvalue weighted by Crippen LogP contribution is -2.09. The van der Waals surface area contributed by atoms with Crippen LogP contribution in [0.4, 0.5) is 34.1 Å². The molecule has 1 heterocycles. The Morgan fingerprint density at radius 3 is 1.11 bits per heavy atom. The van der Waals surface area contributed by atoms with Gasteiger partial charge in [0, 0.05) is 62.5 Å². The van der Waals surface area contributed by atoms with E-state index in [4.69, 9.17) is 0 Å². The summed E-state index contributed by atoms with van der Waals surface area (Å²) in [4.78, 5) is 24.0. The van der Waals surface area contributed by atoms with E-state index in [9.17, 15) is 14.4 Å². The Balaban J connectivity index is 1.46. The highest BCUT2D eigenvalue weighted by molar-refractivity contribution is 7.51. The van der Waals surface area contributed by atoms with Gasteiger partial charge in [-0.25, -0.2) is 0 Å². The molecule has 0 radical (unpaired) electrons. The van der Waals surface area contributed by atoms with Gasteiger partial charge in [-0.15, -0.1) is 0 Å². The molecule has 0 saturated heterocycles. The van der Waals surface area contributed by atoms with E-state index in [1.807, 2.05) is 77.4 Å². The second-order valence-corrected chi connectivity index (χ2v) is 12.7. The monoisotopic (exact) mass is 609 g/mol. The first-order valence-corrected chi connectivity index (χ1v) is 16.7. The van der Waals surface area contributed by atoms with Crippen molar-refractivity contribution in [3.05, 3.63) is 158 Å². The second kappa shape index (κ2) is 12.1. The molecule has 45 heavy (non-hydrogen) atoms. The molecular weight excluding hydrogens is 577 g/mol. The Bertz CT molecular complexity index is 1890. The number of aromatic nitrogens is 1. The minimum atomic E-state index is -4.21. The molecule has 0 amide bonds. The van der Waals surface area contributed by atoms with Crippen LogP contribution < -0.4 is 9.80 Å². The van der Waals surface area contributed by atoms with Gasteiger partial charge in [0.2, 0.25) is 0 Å². The van der Waals surface area contributed by atoms with E-state index in [1.165, 1.54) is 0 Å². The molecule has 7 aromatic rings. The summed E-state index contributed by atoms with van der Waals surface area (Å²) in [5.41, 5.74) is 7.96. The second-order valence-electron chi connectivity index (χ2n) is 11.0. The molecule has 0 spiro atoms. The Kier molecular flexibility index (Phi) is 7.70. The molecular formula is C38H32N3O3P. The molecule has 0 atom stereocenters. The van der Waals surface area contributed by atoms with Crippen LogP contribution in [0.15, 0.2) is 158 Å². The molecule has 0 saturated carbocycles. The number of hydrogen-bond donors (Lipinski definition) is 2. The molecule has 1 aromatic heterocycles. The number of benzene rings is 6.